The first kappa shape index (κ1) is 21.8. The van der Waals surface area contributed by atoms with Crippen LogP contribution in [-0.2, 0) is 14.3 Å². The van der Waals surface area contributed by atoms with E-state index in [0.717, 1.165) is 23.3 Å². The molecule has 2 atom stereocenters. The number of thiophene rings is 1. The number of aryl methyl sites for hydroxylation is 1. The molecule has 0 unspecified atom stereocenters. The molecular weight excluding hydrogens is 406 g/mol. The molecule has 0 bridgehead atoms. The lowest BCUT2D eigenvalue weighted by molar-refractivity contribution is -0.147. The van der Waals surface area contributed by atoms with Crippen molar-refractivity contribution in [1.82, 2.24) is 0 Å². The van der Waals surface area contributed by atoms with Crippen LogP contribution in [0.25, 0.3) is 11.1 Å². The SMILES string of the molecule is COC(=O)c1c(NC(=O)[C@@H]2CCCC[C@@H]2C(=O)O)sc(C)c1-c1ccc(OC)cc1. The Kier molecular flexibility index (Phi) is 6.77. The molecule has 1 saturated carbocycles. The molecule has 1 aliphatic carbocycles. The van der Waals surface area contributed by atoms with E-state index in [9.17, 15) is 19.5 Å². The van der Waals surface area contributed by atoms with Gasteiger partial charge >= 0.3 is 11.9 Å². The van der Waals surface area contributed by atoms with E-state index in [-0.39, 0.29) is 11.5 Å². The van der Waals surface area contributed by atoms with Crippen LogP contribution in [0, 0.1) is 18.8 Å². The molecule has 1 fully saturated rings. The van der Waals surface area contributed by atoms with Gasteiger partial charge in [0.15, 0.2) is 0 Å². The fraction of sp³-hybridized carbons (Fsp3) is 0.409. The van der Waals surface area contributed by atoms with E-state index in [4.69, 9.17) is 9.47 Å². The highest BCUT2D eigenvalue weighted by atomic mass is 32.1. The second-order valence-corrected chi connectivity index (χ2v) is 8.51. The topological polar surface area (TPSA) is 102 Å². The Balaban J connectivity index is 1.97. The third-order valence-electron chi connectivity index (χ3n) is 5.51. The summed E-state index contributed by atoms with van der Waals surface area (Å²) in [5.41, 5.74) is 1.76. The van der Waals surface area contributed by atoms with Crippen molar-refractivity contribution in [2.24, 2.45) is 11.8 Å². The largest absolute Gasteiger partial charge is 0.497 e. The molecule has 3 rings (SSSR count). The minimum atomic E-state index is -0.954. The van der Waals surface area contributed by atoms with Crippen LogP contribution >= 0.6 is 11.3 Å². The summed E-state index contributed by atoms with van der Waals surface area (Å²) in [6.45, 7) is 1.87. The number of methoxy groups -OCH3 is 2. The number of carbonyl (C=O) groups excluding carboxylic acids is 2. The van der Waals surface area contributed by atoms with Gasteiger partial charge in [0.05, 0.1) is 26.1 Å². The van der Waals surface area contributed by atoms with Gasteiger partial charge in [-0.3, -0.25) is 9.59 Å². The monoisotopic (exact) mass is 431 g/mol. The van der Waals surface area contributed by atoms with E-state index in [1.807, 2.05) is 19.1 Å². The van der Waals surface area contributed by atoms with E-state index >= 15 is 0 Å². The molecule has 160 valence electrons. The van der Waals surface area contributed by atoms with Gasteiger partial charge in [-0.1, -0.05) is 25.0 Å². The van der Waals surface area contributed by atoms with Crippen LogP contribution in [0.15, 0.2) is 24.3 Å². The van der Waals surface area contributed by atoms with E-state index in [1.54, 1.807) is 19.2 Å². The molecule has 1 amide bonds. The summed E-state index contributed by atoms with van der Waals surface area (Å²) >= 11 is 1.28. The van der Waals surface area contributed by atoms with Crippen molar-refractivity contribution in [1.29, 1.82) is 0 Å². The van der Waals surface area contributed by atoms with Crippen LogP contribution in [0.1, 0.15) is 40.9 Å². The lowest BCUT2D eigenvalue weighted by Gasteiger charge is -2.27. The maximum absolute atomic E-state index is 12.9. The van der Waals surface area contributed by atoms with Crippen LogP contribution in [0.2, 0.25) is 0 Å². The van der Waals surface area contributed by atoms with Crippen molar-refractivity contribution >= 4 is 34.2 Å². The standard InChI is InChI=1S/C22H25NO6S/c1-12-17(13-8-10-14(28-2)11-9-13)18(22(27)29-3)20(30-12)23-19(24)15-6-4-5-7-16(15)21(25)26/h8-11,15-16H,4-7H2,1-3H3,(H,23,24)(H,25,26)/t15-,16+/m1/s1. The molecule has 8 heteroatoms. The molecule has 1 heterocycles. The van der Waals surface area contributed by atoms with Crippen LogP contribution in [0.5, 0.6) is 5.75 Å². The first-order valence-corrected chi connectivity index (χ1v) is 10.6. The number of carbonyl (C=O) groups is 3. The summed E-state index contributed by atoms with van der Waals surface area (Å²) in [5, 5.41) is 12.7. The Hall–Kier alpha value is -2.87. The van der Waals surface area contributed by atoms with Crippen molar-refractivity contribution in [3.05, 3.63) is 34.7 Å². The molecule has 2 N–H and O–H groups in total. The minimum Gasteiger partial charge on any atom is -0.497 e. The summed E-state index contributed by atoms with van der Waals surface area (Å²) in [6.07, 6.45) is 2.62. The van der Waals surface area contributed by atoms with Gasteiger partial charge in [0.25, 0.3) is 0 Å². The third kappa shape index (κ3) is 4.33. The molecule has 2 aromatic rings. The third-order valence-corrected chi connectivity index (χ3v) is 6.53. The Bertz CT molecular complexity index is 949. The molecule has 0 radical (unpaired) electrons. The summed E-state index contributed by atoms with van der Waals surface area (Å²) in [6, 6.07) is 7.28. The van der Waals surface area contributed by atoms with Gasteiger partial charge < -0.3 is 19.9 Å². The minimum absolute atomic E-state index is 0.279. The zero-order valence-corrected chi connectivity index (χ0v) is 18.0. The first-order valence-electron chi connectivity index (χ1n) is 9.77. The van der Waals surface area contributed by atoms with Crippen molar-refractivity contribution in [2.45, 2.75) is 32.6 Å². The summed E-state index contributed by atoms with van der Waals surface area (Å²) in [7, 11) is 2.87. The number of ether oxygens (including phenoxy) is 2. The van der Waals surface area contributed by atoms with Crippen LogP contribution < -0.4 is 10.1 Å². The van der Waals surface area contributed by atoms with Crippen LogP contribution in [0.4, 0.5) is 5.00 Å². The van der Waals surface area contributed by atoms with E-state index in [2.05, 4.69) is 5.32 Å². The van der Waals surface area contributed by atoms with E-state index < -0.39 is 23.8 Å². The Morgan fingerprint density at radius 1 is 1.07 bits per heavy atom. The second kappa shape index (κ2) is 9.30. The fourth-order valence-corrected chi connectivity index (χ4v) is 5.05. The number of benzene rings is 1. The number of hydrogen-bond donors (Lipinski definition) is 2. The quantitative estimate of drug-likeness (QED) is 0.660. The van der Waals surface area contributed by atoms with Crippen molar-refractivity contribution in [3.63, 3.8) is 0 Å². The molecule has 0 spiro atoms. The normalized spacial score (nSPS) is 18.5. The molecule has 0 aliphatic heterocycles. The molecule has 7 nitrogen and oxygen atoms in total. The maximum atomic E-state index is 12.9. The molecule has 0 saturated heterocycles. The second-order valence-electron chi connectivity index (χ2n) is 7.28. The summed E-state index contributed by atoms with van der Waals surface area (Å²) in [4.78, 5) is 38.0. The first-order chi connectivity index (χ1) is 14.4. The van der Waals surface area contributed by atoms with Gasteiger partial charge in [0, 0.05) is 10.4 Å². The molecular formula is C22H25NO6S. The van der Waals surface area contributed by atoms with Gasteiger partial charge in [-0.2, -0.15) is 0 Å². The predicted molar refractivity (Wildman–Crippen MR) is 114 cm³/mol. The average Bonchev–Trinajstić information content (AvgIpc) is 3.08. The van der Waals surface area contributed by atoms with Crippen molar-refractivity contribution in [2.75, 3.05) is 19.5 Å². The summed E-state index contributed by atoms with van der Waals surface area (Å²) < 4.78 is 10.2. The molecule has 30 heavy (non-hydrogen) atoms. The highest BCUT2D eigenvalue weighted by molar-refractivity contribution is 7.17. The smallest absolute Gasteiger partial charge is 0.341 e. The Labute approximate surface area is 179 Å². The molecule has 1 aliphatic rings. The number of anilines is 1. The van der Waals surface area contributed by atoms with Gasteiger partial charge in [-0.25, -0.2) is 4.79 Å². The Morgan fingerprint density at radius 3 is 2.27 bits per heavy atom. The zero-order chi connectivity index (χ0) is 21.8. The number of carboxylic acid groups (broad SMARTS) is 1. The zero-order valence-electron chi connectivity index (χ0n) is 17.2. The van der Waals surface area contributed by atoms with Gasteiger partial charge in [-0.05, 0) is 37.5 Å². The number of rotatable bonds is 6. The van der Waals surface area contributed by atoms with Gasteiger partial charge in [-0.15, -0.1) is 11.3 Å². The maximum Gasteiger partial charge on any atom is 0.341 e. The number of amides is 1. The van der Waals surface area contributed by atoms with Crippen LogP contribution in [0.3, 0.4) is 0 Å². The van der Waals surface area contributed by atoms with Crippen molar-refractivity contribution < 1.29 is 29.0 Å². The van der Waals surface area contributed by atoms with E-state index in [1.165, 1.54) is 18.4 Å². The lowest BCUT2D eigenvalue weighted by Crippen LogP contribution is -2.36. The number of esters is 1. The number of carboxylic acids is 1. The lowest BCUT2D eigenvalue weighted by atomic mass is 9.78. The predicted octanol–water partition coefficient (Wildman–Crippen LogP) is 4.35. The number of aliphatic carboxylic acids is 1. The van der Waals surface area contributed by atoms with Crippen molar-refractivity contribution in [3.8, 4) is 16.9 Å². The van der Waals surface area contributed by atoms with Gasteiger partial charge in [0.1, 0.15) is 16.3 Å². The highest BCUT2D eigenvalue weighted by Crippen LogP contribution is 2.41. The Morgan fingerprint density at radius 2 is 1.70 bits per heavy atom. The summed E-state index contributed by atoms with van der Waals surface area (Å²) in [5.74, 6) is -2.51. The van der Waals surface area contributed by atoms with Gasteiger partial charge in [0.2, 0.25) is 5.91 Å². The van der Waals surface area contributed by atoms with E-state index in [0.29, 0.717) is 29.2 Å². The fourth-order valence-electron chi connectivity index (χ4n) is 3.98. The molecule has 1 aromatic carbocycles. The number of hydrogen-bond acceptors (Lipinski definition) is 6. The van der Waals surface area contributed by atoms with Crippen LogP contribution in [-0.4, -0.2) is 37.2 Å². The number of nitrogens with one attached hydrogen (secondary N) is 1. The highest BCUT2D eigenvalue weighted by Gasteiger charge is 2.36. The average molecular weight is 432 g/mol. The molecule has 1 aromatic heterocycles.